The predicted molar refractivity (Wildman–Crippen MR) is 71.3 cm³/mol. The molecule has 0 spiro atoms. The van der Waals surface area contributed by atoms with Gasteiger partial charge < -0.3 is 9.47 Å². The third-order valence-corrected chi connectivity index (χ3v) is 3.02. The van der Waals surface area contributed by atoms with Gasteiger partial charge in [0, 0.05) is 11.3 Å². The van der Waals surface area contributed by atoms with Crippen molar-refractivity contribution in [1.82, 2.24) is 10.2 Å². The minimum absolute atomic E-state index is 0.442. The van der Waals surface area contributed by atoms with Gasteiger partial charge in [-0.1, -0.05) is 0 Å². The summed E-state index contributed by atoms with van der Waals surface area (Å²) in [6.45, 7) is 3.86. The molecule has 0 aliphatic rings. The Morgan fingerprint density at radius 2 is 1.95 bits per heavy atom. The fourth-order valence-corrected chi connectivity index (χ4v) is 2.17. The largest absolute Gasteiger partial charge is 0.493 e. The molecule has 0 atom stereocenters. The second kappa shape index (κ2) is 5.02. The Bertz CT molecular complexity index is 634. The summed E-state index contributed by atoms with van der Waals surface area (Å²) < 4.78 is 10.5. The van der Waals surface area contributed by atoms with Gasteiger partial charge in [-0.2, -0.15) is 10.4 Å². The van der Waals surface area contributed by atoms with E-state index in [1.807, 2.05) is 19.9 Å². The molecule has 0 radical (unpaired) electrons. The summed E-state index contributed by atoms with van der Waals surface area (Å²) >= 11 is 0. The van der Waals surface area contributed by atoms with E-state index in [9.17, 15) is 5.26 Å². The van der Waals surface area contributed by atoms with E-state index in [0.717, 1.165) is 22.5 Å². The first-order valence-corrected chi connectivity index (χ1v) is 5.80. The molecule has 0 aliphatic carbocycles. The molecule has 0 saturated carbocycles. The molecule has 0 aliphatic heterocycles. The van der Waals surface area contributed by atoms with Crippen LogP contribution in [-0.2, 0) is 0 Å². The van der Waals surface area contributed by atoms with Crippen LogP contribution < -0.4 is 9.47 Å². The molecule has 2 aromatic rings. The summed E-state index contributed by atoms with van der Waals surface area (Å²) in [6.07, 6.45) is 0. The van der Waals surface area contributed by atoms with Gasteiger partial charge in [-0.25, -0.2) is 0 Å². The molecule has 1 aromatic carbocycles. The van der Waals surface area contributed by atoms with Crippen molar-refractivity contribution in [3.63, 3.8) is 0 Å². The van der Waals surface area contributed by atoms with Crippen LogP contribution in [0.2, 0.25) is 0 Å². The van der Waals surface area contributed by atoms with E-state index in [1.165, 1.54) is 7.11 Å². The Hall–Kier alpha value is -2.48. The summed E-state index contributed by atoms with van der Waals surface area (Å²) in [5, 5.41) is 16.3. The topological polar surface area (TPSA) is 70.9 Å². The first kappa shape index (κ1) is 13.0. The van der Waals surface area contributed by atoms with Crippen molar-refractivity contribution in [3.05, 3.63) is 29.1 Å². The van der Waals surface area contributed by atoms with Crippen LogP contribution in [0.4, 0.5) is 0 Å². The van der Waals surface area contributed by atoms with Crippen molar-refractivity contribution < 1.29 is 9.47 Å². The smallest absolute Gasteiger partial charge is 0.178 e. The molecule has 0 bridgehead atoms. The van der Waals surface area contributed by atoms with Gasteiger partial charge in [0.15, 0.2) is 11.5 Å². The normalized spacial score (nSPS) is 10.1. The van der Waals surface area contributed by atoms with Crippen LogP contribution in [0.3, 0.4) is 0 Å². The van der Waals surface area contributed by atoms with Crippen molar-refractivity contribution in [1.29, 1.82) is 5.26 Å². The zero-order valence-corrected chi connectivity index (χ0v) is 11.4. The van der Waals surface area contributed by atoms with Gasteiger partial charge in [0.1, 0.15) is 6.07 Å². The Labute approximate surface area is 111 Å². The molecule has 2 rings (SSSR count). The number of nitriles is 1. The van der Waals surface area contributed by atoms with E-state index in [1.54, 1.807) is 13.2 Å². The van der Waals surface area contributed by atoms with Crippen LogP contribution in [0.5, 0.6) is 11.5 Å². The number of rotatable bonds is 3. The predicted octanol–water partition coefficient (Wildman–Crippen LogP) is 2.58. The SMILES string of the molecule is COc1cc(-c2c(C)n[nH]c2C)cc(C#N)c1OC. The Morgan fingerprint density at radius 1 is 1.21 bits per heavy atom. The molecule has 19 heavy (non-hydrogen) atoms. The van der Waals surface area contributed by atoms with E-state index in [2.05, 4.69) is 16.3 Å². The number of benzene rings is 1. The van der Waals surface area contributed by atoms with Crippen molar-refractivity contribution >= 4 is 0 Å². The number of nitrogens with one attached hydrogen (secondary N) is 1. The second-order valence-corrected chi connectivity index (χ2v) is 4.18. The maximum atomic E-state index is 9.22. The molecule has 0 saturated heterocycles. The minimum atomic E-state index is 0.442. The number of ether oxygens (including phenoxy) is 2. The van der Waals surface area contributed by atoms with Gasteiger partial charge in [0.2, 0.25) is 0 Å². The number of methoxy groups -OCH3 is 2. The fraction of sp³-hybridized carbons (Fsp3) is 0.286. The summed E-state index contributed by atoms with van der Waals surface area (Å²) in [6, 6.07) is 5.76. The molecule has 5 heteroatoms. The van der Waals surface area contributed by atoms with E-state index in [-0.39, 0.29) is 0 Å². The lowest BCUT2D eigenvalue weighted by Crippen LogP contribution is -1.95. The Kier molecular flexibility index (Phi) is 3.43. The van der Waals surface area contributed by atoms with Crippen LogP contribution in [-0.4, -0.2) is 24.4 Å². The van der Waals surface area contributed by atoms with E-state index >= 15 is 0 Å². The monoisotopic (exact) mass is 257 g/mol. The van der Waals surface area contributed by atoms with Gasteiger partial charge in [0.25, 0.3) is 0 Å². The van der Waals surface area contributed by atoms with Gasteiger partial charge in [-0.05, 0) is 31.5 Å². The van der Waals surface area contributed by atoms with Crippen molar-refractivity contribution in [3.8, 4) is 28.7 Å². The summed E-state index contributed by atoms with van der Waals surface area (Å²) in [4.78, 5) is 0. The van der Waals surface area contributed by atoms with Gasteiger partial charge in [-0.15, -0.1) is 0 Å². The number of hydrogen-bond acceptors (Lipinski definition) is 4. The maximum absolute atomic E-state index is 9.22. The molecule has 0 unspecified atom stereocenters. The van der Waals surface area contributed by atoms with E-state index in [0.29, 0.717) is 17.1 Å². The highest BCUT2D eigenvalue weighted by Gasteiger charge is 2.16. The summed E-state index contributed by atoms with van der Waals surface area (Å²) in [5.74, 6) is 0.990. The minimum Gasteiger partial charge on any atom is -0.493 e. The average molecular weight is 257 g/mol. The first-order chi connectivity index (χ1) is 9.12. The lowest BCUT2D eigenvalue weighted by atomic mass is 10.0. The molecular weight excluding hydrogens is 242 g/mol. The van der Waals surface area contributed by atoms with Gasteiger partial charge >= 0.3 is 0 Å². The highest BCUT2D eigenvalue weighted by Crippen LogP contribution is 2.37. The molecule has 98 valence electrons. The lowest BCUT2D eigenvalue weighted by molar-refractivity contribution is 0.354. The van der Waals surface area contributed by atoms with Crippen LogP contribution in [0.1, 0.15) is 17.0 Å². The molecular formula is C14H15N3O2. The van der Waals surface area contributed by atoms with Gasteiger partial charge in [-0.3, -0.25) is 5.10 Å². The van der Waals surface area contributed by atoms with E-state index in [4.69, 9.17) is 9.47 Å². The molecule has 0 amide bonds. The zero-order chi connectivity index (χ0) is 14.0. The molecule has 0 fully saturated rings. The van der Waals surface area contributed by atoms with Crippen molar-refractivity contribution in [2.24, 2.45) is 0 Å². The number of aromatic nitrogens is 2. The number of aromatic amines is 1. The Morgan fingerprint density at radius 3 is 2.42 bits per heavy atom. The summed E-state index contributed by atoms with van der Waals surface area (Å²) in [5.41, 5.74) is 4.15. The molecule has 1 aromatic heterocycles. The van der Waals surface area contributed by atoms with Crippen LogP contribution in [0.25, 0.3) is 11.1 Å². The maximum Gasteiger partial charge on any atom is 0.178 e. The van der Waals surface area contributed by atoms with Crippen molar-refractivity contribution in [2.45, 2.75) is 13.8 Å². The third kappa shape index (κ3) is 2.13. The lowest BCUT2D eigenvalue weighted by Gasteiger charge is -2.11. The fourth-order valence-electron chi connectivity index (χ4n) is 2.17. The quantitative estimate of drug-likeness (QED) is 0.917. The standard InChI is InChI=1S/C14H15N3O2/c1-8-13(9(2)17-16-8)10-5-11(7-15)14(19-4)12(6-10)18-3/h5-6H,1-4H3,(H,16,17). The Balaban J connectivity index is 2.70. The zero-order valence-electron chi connectivity index (χ0n) is 11.4. The first-order valence-electron chi connectivity index (χ1n) is 5.80. The second-order valence-electron chi connectivity index (χ2n) is 4.18. The number of aryl methyl sites for hydroxylation is 2. The van der Waals surface area contributed by atoms with Crippen LogP contribution >= 0.6 is 0 Å². The highest BCUT2D eigenvalue weighted by molar-refractivity contribution is 5.74. The highest BCUT2D eigenvalue weighted by atomic mass is 16.5. The van der Waals surface area contributed by atoms with Crippen molar-refractivity contribution in [2.75, 3.05) is 14.2 Å². The molecule has 5 nitrogen and oxygen atoms in total. The molecule has 1 N–H and O–H groups in total. The van der Waals surface area contributed by atoms with Crippen LogP contribution in [0, 0.1) is 25.2 Å². The number of nitrogens with zero attached hydrogens (tertiary/aromatic N) is 2. The summed E-state index contributed by atoms with van der Waals surface area (Å²) in [7, 11) is 3.07. The number of hydrogen-bond donors (Lipinski definition) is 1. The molecule has 1 heterocycles. The van der Waals surface area contributed by atoms with Gasteiger partial charge in [0.05, 0.1) is 25.5 Å². The van der Waals surface area contributed by atoms with Crippen LogP contribution in [0.15, 0.2) is 12.1 Å². The van der Waals surface area contributed by atoms with E-state index < -0.39 is 0 Å². The number of H-pyrrole nitrogens is 1. The average Bonchev–Trinajstić information content (AvgIpc) is 2.76. The third-order valence-electron chi connectivity index (χ3n) is 3.02.